The van der Waals surface area contributed by atoms with Gasteiger partial charge in [0, 0.05) is 5.56 Å². The number of anilines is 1. The number of aromatic nitrogens is 1. The highest BCUT2D eigenvalue weighted by molar-refractivity contribution is 7.92. The van der Waals surface area contributed by atoms with Gasteiger partial charge in [-0.15, -0.1) is 0 Å². The lowest BCUT2D eigenvalue weighted by molar-refractivity contribution is 0.413. The Labute approximate surface area is 152 Å². The maximum atomic E-state index is 12.6. The fourth-order valence-corrected chi connectivity index (χ4v) is 3.51. The third-order valence-electron chi connectivity index (χ3n) is 3.90. The average Bonchev–Trinajstić information content (AvgIpc) is 2.64. The number of hydrogen-bond donors (Lipinski definition) is 2. The SMILES string of the molecule is COc1ccc(-c2ccc(C)c(NS(=O)(=O)c3ccc(O)cc3)c2)nc1. The van der Waals surface area contributed by atoms with Crippen LogP contribution in [0.5, 0.6) is 11.5 Å². The number of phenolic OH excluding ortho intramolecular Hbond substituents is 1. The number of aromatic hydroxyl groups is 1. The summed E-state index contributed by atoms with van der Waals surface area (Å²) in [6.07, 6.45) is 1.61. The van der Waals surface area contributed by atoms with Gasteiger partial charge in [0.1, 0.15) is 11.5 Å². The van der Waals surface area contributed by atoms with E-state index in [1.807, 2.05) is 25.1 Å². The van der Waals surface area contributed by atoms with Gasteiger partial charge in [0.2, 0.25) is 0 Å². The molecule has 26 heavy (non-hydrogen) atoms. The van der Waals surface area contributed by atoms with E-state index in [2.05, 4.69) is 9.71 Å². The van der Waals surface area contributed by atoms with E-state index < -0.39 is 10.0 Å². The molecule has 6 nitrogen and oxygen atoms in total. The van der Waals surface area contributed by atoms with Crippen molar-refractivity contribution in [2.24, 2.45) is 0 Å². The van der Waals surface area contributed by atoms with E-state index in [1.54, 1.807) is 25.4 Å². The van der Waals surface area contributed by atoms with Crippen LogP contribution < -0.4 is 9.46 Å². The molecule has 0 aliphatic rings. The molecule has 0 radical (unpaired) electrons. The Hall–Kier alpha value is -3.06. The van der Waals surface area contributed by atoms with E-state index >= 15 is 0 Å². The van der Waals surface area contributed by atoms with Crippen LogP contribution in [-0.2, 0) is 10.0 Å². The van der Waals surface area contributed by atoms with Gasteiger partial charge in [-0.3, -0.25) is 9.71 Å². The van der Waals surface area contributed by atoms with E-state index in [-0.39, 0.29) is 10.6 Å². The number of sulfonamides is 1. The highest BCUT2D eigenvalue weighted by Gasteiger charge is 2.16. The first-order valence-corrected chi connectivity index (χ1v) is 9.30. The summed E-state index contributed by atoms with van der Waals surface area (Å²) in [6, 6.07) is 14.4. The zero-order valence-corrected chi connectivity index (χ0v) is 15.1. The first-order valence-electron chi connectivity index (χ1n) is 7.82. The lowest BCUT2D eigenvalue weighted by Gasteiger charge is -2.12. The number of nitrogens with one attached hydrogen (secondary N) is 1. The standard InChI is InChI=1S/C19H18N2O4S/c1-13-3-4-14(18-10-7-16(25-2)12-20-18)11-19(13)21-26(23,24)17-8-5-15(22)6-9-17/h3-12,21-22H,1-2H3. The monoisotopic (exact) mass is 370 g/mol. The number of nitrogens with zero attached hydrogens (tertiary/aromatic N) is 1. The summed E-state index contributed by atoms with van der Waals surface area (Å²) in [5, 5.41) is 9.32. The molecule has 0 saturated carbocycles. The first kappa shape index (κ1) is 17.8. The lowest BCUT2D eigenvalue weighted by atomic mass is 10.1. The minimum atomic E-state index is -3.76. The summed E-state index contributed by atoms with van der Waals surface area (Å²) in [6.45, 7) is 1.82. The molecular weight excluding hydrogens is 352 g/mol. The molecular formula is C19H18N2O4S. The van der Waals surface area contributed by atoms with Gasteiger partial charge in [-0.25, -0.2) is 8.42 Å². The van der Waals surface area contributed by atoms with Gasteiger partial charge < -0.3 is 9.84 Å². The Morgan fingerprint density at radius 2 is 1.77 bits per heavy atom. The normalized spacial score (nSPS) is 11.2. The average molecular weight is 370 g/mol. The van der Waals surface area contributed by atoms with Crippen molar-refractivity contribution in [3.8, 4) is 22.8 Å². The van der Waals surface area contributed by atoms with Gasteiger partial charge in [0.05, 0.1) is 29.6 Å². The van der Waals surface area contributed by atoms with Crippen molar-refractivity contribution < 1.29 is 18.3 Å². The molecule has 1 aromatic heterocycles. The van der Waals surface area contributed by atoms with Crippen LogP contribution in [0.2, 0.25) is 0 Å². The predicted octanol–water partition coefficient (Wildman–Crippen LogP) is 3.57. The van der Waals surface area contributed by atoms with Crippen LogP contribution in [0, 0.1) is 6.92 Å². The maximum absolute atomic E-state index is 12.6. The van der Waals surface area contributed by atoms with Crippen molar-refractivity contribution in [3.05, 3.63) is 66.4 Å². The molecule has 3 aromatic rings. The van der Waals surface area contributed by atoms with Crippen molar-refractivity contribution in [1.29, 1.82) is 0 Å². The number of pyridine rings is 1. The van der Waals surface area contributed by atoms with E-state index in [0.717, 1.165) is 11.1 Å². The van der Waals surface area contributed by atoms with Gasteiger partial charge in [0.25, 0.3) is 10.0 Å². The molecule has 0 bridgehead atoms. The van der Waals surface area contributed by atoms with Crippen LogP contribution in [0.25, 0.3) is 11.3 Å². The summed E-state index contributed by atoms with van der Waals surface area (Å²) in [5.74, 6) is 0.654. The van der Waals surface area contributed by atoms with E-state index in [4.69, 9.17) is 4.74 Å². The van der Waals surface area contributed by atoms with E-state index in [9.17, 15) is 13.5 Å². The molecule has 2 N–H and O–H groups in total. The van der Waals surface area contributed by atoms with Crippen molar-refractivity contribution in [3.63, 3.8) is 0 Å². The molecule has 3 rings (SSSR count). The largest absolute Gasteiger partial charge is 0.508 e. The van der Waals surface area contributed by atoms with Gasteiger partial charge >= 0.3 is 0 Å². The summed E-state index contributed by atoms with van der Waals surface area (Å²) in [7, 11) is -2.20. The molecule has 0 fully saturated rings. The summed E-state index contributed by atoms with van der Waals surface area (Å²) in [4.78, 5) is 4.40. The zero-order valence-electron chi connectivity index (χ0n) is 14.3. The minimum absolute atomic E-state index is 0.00714. The molecule has 0 amide bonds. The number of phenols is 1. The summed E-state index contributed by atoms with van der Waals surface area (Å²) < 4.78 is 32.8. The van der Waals surface area contributed by atoms with Crippen LogP contribution in [0.1, 0.15) is 5.56 Å². The Morgan fingerprint density at radius 1 is 1.04 bits per heavy atom. The van der Waals surface area contributed by atoms with E-state index in [1.165, 1.54) is 24.3 Å². The molecule has 2 aromatic carbocycles. The molecule has 0 aliphatic carbocycles. The quantitative estimate of drug-likeness (QED) is 0.717. The Balaban J connectivity index is 1.93. The van der Waals surface area contributed by atoms with Crippen LogP contribution >= 0.6 is 0 Å². The molecule has 134 valence electrons. The van der Waals surface area contributed by atoms with Crippen LogP contribution in [0.15, 0.2) is 65.7 Å². The first-order chi connectivity index (χ1) is 12.4. The third-order valence-corrected chi connectivity index (χ3v) is 5.28. The lowest BCUT2D eigenvalue weighted by Crippen LogP contribution is -2.13. The molecule has 1 heterocycles. The van der Waals surface area contributed by atoms with Crippen LogP contribution in [0.4, 0.5) is 5.69 Å². The highest BCUT2D eigenvalue weighted by atomic mass is 32.2. The van der Waals surface area contributed by atoms with Crippen molar-refractivity contribution in [1.82, 2.24) is 4.98 Å². The fourth-order valence-electron chi connectivity index (χ4n) is 2.39. The predicted molar refractivity (Wildman–Crippen MR) is 99.9 cm³/mol. The molecule has 0 saturated heterocycles. The Kier molecular flexibility index (Phi) is 4.81. The molecule has 0 aliphatic heterocycles. The molecule has 0 atom stereocenters. The second-order valence-electron chi connectivity index (χ2n) is 5.71. The zero-order chi connectivity index (χ0) is 18.7. The maximum Gasteiger partial charge on any atom is 0.261 e. The van der Waals surface area contributed by atoms with Crippen molar-refractivity contribution in [2.45, 2.75) is 11.8 Å². The molecule has 7 heteroatoms. The topological polar surface area (TPSA) is 88.5 Å². The van der Waals surface area contributed by atoms with E-state index in [0.29, 0.717) is 17.1 Å². The number of ether oxygens (including phenoxy) is 1. The fraction of sp³-hybridized carbons (Fsp3) is 0.105. The summed E-state index contributed by atoms with van der Waals surface area (Å²) >= 11 is 0. The highest BCUT2D eigenvalue weighted by Crippen LogP contribution is 2.27. The summed E-state index contributed by atoms with van der Waals surface area (Å²) in [5.41, 5.74) is 2.73. The second-order valence-corrected chi connectivity index (χ2v) is 7.39. The van der Waals surface area contributed by atoms with Crippen molar-refractivity contribution in [2.75, 3.05) is 11.8 Å². The number of aryl methyl sites for hydroxylation is 1. The number of hydrogen-bond acceptors (Lipinski definition) is 5. The van der Waals surface area contributed by atoms with Gasteiger partial charge in [-0.05, 0) is 55.0 Å². The molecule has 0 spiro atoms. The Morgan fingerprint density at radius 3 is 2.38 bits per heavy atom. The van der Waals surface area contributed by atoms with Crippen LogP contribution in [-0.4, -0.2) is 25.6 Å². The van der Waals surface area contributed by atoms with Crippen molar-refractivity contribution >= 4 is 15.7 Å². The third kappa shape index (κ3) is 3.78. The van der Waals surface area contributed by atoms with Gasteiger partial charge in [-0.2, -0.15) is 0 Å². The minimum Gasteiger partial charge on any atom is -0.508 e. The second kappa shape index (κ2) is 7.05. The molecule has 0 unspecified atom stereocenters. The smallest absolute Gasteiger partial charge is 0.261 e. The Bertz CT molecular complexity index is 1010. The number of methoxy groups -OCH3 is 1. The van der Waals surface area contributed by atoms with Gasteiger partial charge in [-0.1, -0.05) is 12.1 Å². The number of benzene rings is 2. The van der Waals surface area contributed by atoms with Gasteiger partial charge in [0.15, 0.2) is 0 Å². The number of rotatable bonds is 5. The van der Waals surface area contributed by atoms with Crippen LogP contribution in [0.3, 0.4) is 0 Å².